The number of hydrogen-bond donors (Lipinski definition) is 1. The standard InChI is InChI=1S/C19H28N2O3S2/c1-6-21(7-2)18(16-8-9-25-13-16)12-20-26(22,23)17-10-14(3)19(24-5)15(4)11-17/h8-11,13,18,20H,6-7,12H2,1-5H3. The topological polar surface area (TPSA) is 58.6 Å². The molecule has 0 spiro atoms. The van der Waals surface area contributed by atoms with E-state index < -0.39 is 10.0 Å². The maximum atomic E-state index is 12.8. The fourth-order valence-electron chi connectivity index (χ4n) is 3.25. The van der Waals surface area contributed by atoms with Crippen LogP contribution < -0.4 is 9.46 Å². The molecule has 2 rings (SSSR count). The van der Waals surface area contributed by atoms with Crippen LogP contribution >= 0.6 is 11.3 Å². The summed E-state index contributed by atoms with van der Waals surface area (Å²) in [7, 11) is -2.00. The molecule has 0 radical (unpaired) electrons. The first-order valence-corrected chi connectivity index (χ1v) is 11.2. The van der Waals surface area contributed by atoms with Crippen LogP contribution in [0.25, 0.3) is 0 Å². The highest BCUT2D eigenvalue weighted by atomic mass is 32.2. The number of nitrogens with zero attached hydrogens (tertiary/aromatic N) is 1. The van der Waals surface area contributed by atoms with Crippen LogP contribution in [0.2, 0.25) is 0 Å². The number of thiophene rings is 1. The summed E-state index contributed by atoms with van der Waals surface area (Å²) in [5.41, 5.74) is 2.76. The van der Waals surface area contributed by atoms with Crippen molar-refractivity contribution in [2.75, 3.05) is 26.7 Å². The van der Waals surface area contributed by atoms with E-state index in [1.54, 1.807) is 30.6 Å². The van der Waals surface area contributed by atoms with Gasteiger partial charge in [-0.3, -0.25) is 4.90 Å². The van der Waals surface area contributed by atoms with Gasteiger partial charge in [-0.1, -0.05) is 13.8 Å². The lowest BCUT2D eigenvalue weighted by atomic mass is 10.1. The third-order valence-electron chi connectivity index (χ3n) is 4.60. The zero-order chi connectivity index (χ0) is 19.3. The average molecular weight is 397 g/mol. The van der Waals surface area contributed by atoms with Crippen molar-refractivity contribution < 1.29 is 13.2 Å². The van der Waals surface area contributed by atoms with Crippen LogP contribution in [0.15, 0.2) is 33.9 Å². The normalized spacial score (nSPS) is 13.2. The Bertz CT molecular complexity index is 790. The summed E-state index contributed by atoms with van der Waals surface area (Å²) in [4.78, 5) is 2.53. The van der Waals surface area contributed by atoms with Gasteiger partial charge in [-0.05, 0) is 72.6 Å². The van der Waals surface area contributed by atoms with Gasteiger partial charge < -0.3 is 4.74 Å². The molecule has 0 aliphatic rings. The van der Waals surface area contributed by atoms with Crippen molar-refractivity contribution in [3.05, 3.63) is 45.6 Å². The molecule has 0 bridgehead atoms. The molecule has 2 aromatic rings. The summed E-state index contributed by atoms with van der Waals surface area (Å²) in [5.74, 6) is 0.725. The Morgan fingerprint density at radius 1 is 1.19 bits per heavy atom. The zero-order valence-electron chi connectivity index (χ0n) is 16.1. The van der Waals surface area contributed by atoms with E-state index in [0.717, 1.165) is 35.5 Å². The minimum absolute atomic E-state index is 0.0199. The molecule has 5 nitrogen and oxygen atoms in total. The molecule has 0 aliphatic heterocycles. The minimum atomic E-state index is -3.60. The molecule has 7 heteroatoms. The number of rotatable bonds is 9. The molecule has 1 heterocycles. The predicted molar refractivity (Wildman–Crippen MR) is 108 cm³/mol. The molecule has 1 aromatic heterocycles. The molecule has 26 heavy (non-hydrogen) atoms. The number of likely N-dealkylation sites (N-methyl/N-ethyl adjacent to an activating group) is 1. The number of methoxy groups -OCH3 is 1. The van der Waals surface area contributed by atoms with Gasteiger partial charge in [-0.25, -0.2) is 13.1 Å². The van der Waals surface area contributed by atoms with Crippen molar-refractivity contribution in [2.45, 2.75) is 38.6 Å². The highest BCUT2D eigenvalue weighted by molar-refractivity contribution is 7.89. The summed E-state index contributed by atoms with van der Waals surface area (Å²) in [5, 5.41) is 4.11. The Labute approximate surface area is 161 Å². The summed E-state index contributed by atoms with van der Waals surface area (Å²) in [6.07, 6.45) is 0. The predicted octanol–water partition coefficient (Wildman–Crippen LogP) is 3.73. The summed E-state index contributed by atoms with van der Waals surface area (Å²) >= 11 is 1.63. The summed E-state index contributed by atoms with van der Waals surface area (Å²) in [6.45, 7) is 9.95. The van der Waals surface area contributed by atoms with E-state index in [4.69, 9.17) is 4.74 Å². The summed E-state index contributed by atoms with van der Waals surface area (Å²) in [6, 6.07) is 5.39. The molecule has 1 unspecified atom stereocenters. The van der Waals surface area contributed by atoms with E-state index in [-0.39, 0.29) is 10.9 Å². The second-order valence-corrected chi connectivity index (χ2v) is 8.78. The molecular formula is C19H28N2O3S2. The van der Waals surface area contributed by atoms with Crippen molar-refractivity contribution in [3.63, 3.8) is 0 Å². The maximum Gasteiger partial charge on any atom is 0.240 e. The molecule has 1 aromatic carbocycles. The third kappa shape index (κ3) is 4.65. The van der Waals surface area contributed by atoms with E-state index in [1.165, 1.54) is 0 Å². The molecule has 1 N–H and O–H groups in total. The van der Waals surface area contributed by atoms with Crippen molar-refractivity contribution in [1.82, 2.24) is 9.62 Å². The van der Waals surface area contributed by atoms with E-state index in [1.807, 2.05) is 19.2 Å². The van der Waals surface area contributed by atoms with Gasteiger partial charge >= 0.3 is 0 Å². The van der Waals surface area contributed by atoms with Gasteiger partial charge in [-0.15, -0.1) is 0 Å². The molecule has 144 valence electrons. The molecule has 0 aliphatic carbocycles. The lowest BCUT2D eigenvalue weighted by molar-refractivity contribution is 0.220. The highest BCUT2D eigenvalue weighted by Gasteiger charge is 2.23. The van der Waals surface area contributed by atoms with Gasteiger partial charge in [0.2, 0.25) is 10.0 Å². The number of hydrogen-bond acceptors (Lipinski definition) is 5. The Balaban J connectivity index is 2.25. The molecule has 1 atom stereocenters. The Hall–Kier alpha value is -1.41. The van der Waals surface area contributed by atoms with E-state index in [0.29, 0.717) is 6.54 Å². The smallest absolute Gasteiger partial charge is 0.240 e. The van der Waals surface area contributed by atoms with Crippen LogP contribution in [0.1, 0.15) is 36.6 Å². The van der Waals surface area contributed by atoms with Gasteiger partial charge in [-0.2, -0.15) is 11.3 Å². The lowest BCUT2D eigenvalue weighted by Crippen LogP contribution is -2.37. The van der Waals surface area contributed by atoms with Crippen LogP contribution in [-0.4, -0.2) is 40.1 Å². The number of sulfonamides is 1. The monoisotopic (exact) mass is 396 g/mol. The lowest BCUT2D eigenvalue weighted by Gasteiger charge is -2.29. The van der Waals surface area contributed by atoms with Crippen molar-refractivity contribution in [1.29, 1.82) is 0 Å². The Kier molecular flexibility index (Phi) is 7.23. The summed E-state index contributed by atoms with van der Waals surface area (Å²) < 4.78 is 33.8. The van der Waals surface area contributed by atoms with Crippen LogP contribution in [0.3, 0.4) is 0 Å². The number of nitrogens with one attached hydrogen (secondary N) is 1. The SMILES string of the molecule is CCN(CC)C(CNS(=O)(=O)c1cc(C)c(OC)c(C)c1)c1ccsc1. The molecule has 0 saturated heterocycles. The molecule has 0 saturated carbocycles. The van der Waals surface area contributed by atoms with Crippen LogP contribution in [0, 0.1) is 13.8 Å². The average Bonchev–Trinajstić information content (AvgIpc) is 3.12. The second kappa shape index (κ2) is 8.99. The molecule has 0 amide bonds. The fraction of sp³-hybridized carbons (Fsp3) is 0.474. The number of benzene rings is 1. The van der Waals surface area contributed by atoms with Gasteiger partial charge in [0.05, 0.1) is 12.0 Å². The van der Waals surface area contributed by atoms with E-state index >= 15 is 0 Å². The first-order chi connectivity index (χ1) is 12.3. The van der Waals surface area contributed by atoms with Crippen molar-refractivity contribution in [2.24, 2.45) is 0 Å². The quantitative estimate of drug-likeness (QED) is 0.702. The van der Waals surface area contributed by atoms with E-state index in [9.17, 15) is 8.42 Å². The largest absolute Gasteiger partial charge is 0.496 e. The van der Waals surface area contributed by atoms with Crippen molar-refractivity contribution in [3.8, 4) is 5.75 Å². The van der Waals surface area contributed by atoms with Gasteiger partial charge in [0.25, 0.3) is 0 Å². The Morgan fingerprint density at radius 3 is 2.27 bits per heavy atom. The van der Waals surface area contributed by atoms with Gasteiger partial charge in [0, 0.05) is 12.6 Å². The fourth-order valence-corrected chi connectivity index (χ4v) is 5.16. The van der Waals surface area contributed by atoms with Crippen LogP contribution in [0.5, 0.6) is 5.75 Å². The third-order valence-corrected chi connectivity index (χ3v) is 6.70. The zero-order valence-corrected chi connectivity index (χ0v) is 17.7. The van der Waals surface area contributed by atoms with Gasteiger partial charge in [0.1, 0.15) is 5.75 Å². The molecule has 0 fully saturated rings. The van der Waals surface area contributed by atoms with Crippen LogP contribution in [-0.2, 0) is 10.0 Å². The first-order valence-electron chi connectivity index (χ1n) is 8.75. The Morgan fingerprint density at radius 2 is 1.81 bits per heavy atom. The highest BCUT2D eigenvalue weighted by Crippen LogP contribution is 2.27. The number of ether oxygens (including phenoxy) is 1. The second-order valence-electron chi connectivity index (χ2n) is 6.24. The number of aryl methyl sites for hydroxylation is 2. The first kappa shape index (κ1) is 20.9. The minimum Gasteiger partial charge on any atom is -0.496 e. The van der Waals surface area contributed by atoms with Crippen LogP contribution in [0.4, 0.5) is 0 Å². The van der Waals surface area contributed by atoms with Crippen molar-refractivity contribution >= 4 is 21.4 Å². The molecular weight excluding hydrogens is 368 g/mol. The maximum absolute atomic E-state index is 12.8. The van der Waals surface area contributed by atoms with E-state index in [2.05, 4.69) is 34.9 Å². The van der Waals surface area contributed by atoms with Gasteiger partial charge in [0.15, 0.2) is 0 Å².